The molecule has 1 aliphatic rings. The van der Waals surface area contributed by atoms with Gasteiger partial charge in [0, 0.05) is 11.8 Å². The van der Waals surface area contributed by atoms with Crippen molar-refractivity contribution < 1.29 is 9.59 Å². The van der Waals surface area contributed by atoms with Gasteiger partial charge in [-0.1, -0.05) is 38.0 Å². The number of anilines is 1. The molecule has 0 atom stereocenters. The van der Waals surface area contributed by atoms with Crippen LogP contribution in [0.4, 0.5) is 5.69 Å². The third kappa shape index (κ3) is 2.70. The molecule has 1 aliphatic heterocycles. The van der Waals surface area contributed by atoms with Gasteiger partial charge < -0.3 is 4.98 Å². The summed E-state index contributed by atoms with van der Waals surface area (Å²) in [4.78, 5) is 41.1. The number of nitrogens with one attached hydrogen (secondary N) is 1. The fraction of sp³-hybridized carbons (Fsp3) is 0.278. The molecular formula is C18H18N2O3. The summed E-state index contributed by atoms with van der Waals surface area (Å²) in [6, 6.07) is 10.0. The molecule has 0 bridgehead atoms. The monoisotopic (exact) mass is 310 g/mol. The van der Waals surface area contributed by atoms with Gasteiger partial charge in [0.1, 0.15) is 0 Å². The number of aromatic nitrogens is 1. The van der Waals surface area contributed by atoms with Gasteiger partial charge in [-0.15, -0.1) is 0 Å². The SMILES string of the molecule is CCCCCc1[nH]c(=O)cc2c1C(=O)N(c1ccccc1)C2=O. The maximum Gasteiger partial charge on any atom is 0.267 e. The van der Waals surface area contributed by atoms with Crippen LogP contribution in [0, 0.1) is 0 Å². The van der Waals surface area contributed by atoms with E-state index in [1.165, 1.54) is 6.07 Å². The normalized spacial score (nSPS) is 13.5. The zero-order valence-electron chi connectivity index (χ0n) is 13.0. The minimum absolute atomic E-state index is 0.203. The molecule has 0 radical (unpaired) electrons. The van der Waals surface area contributed by atoms with Gasteiger partial charge in [-0.05, 0) is 25.0 Å². The number of carbonyl (C=O) groups excluding carboxylic acids is 2. The number of hydrogen-bond donors (Lipinski definition) is 1. The van der Waals surface area contributed by atoms with Gasteiger partial charge in [-0.2, -0.15) is 0 Å². The van der Waals surface area contributed by atoms with Crippen LogP contribution in [0.2, 0.25) is 0 Å². The molecule has 0 aliphatic carbocycles. The van der Waals surface area contributed by atoms with Crippen LogP contribution in [0.25, 0.3) is 0 Å². The predicted molar refractivity (Wildman–Crippen MR) is 87.9 cm³/mol. The van der Waals surface area contributed by atoms with Gasteiger partial charge in [0.05, 0.1) is 16.8 Å². The number of aryl methyl sites for hydroxylation is 1. The number of nitrogens with zero attached hydrogens (tertiary/aromatic N) is 1. The number of rotatable bonds is 5. The van der Waals surface area contributed by atoms with Crippen LogP contribution >= 0.6 is 0 Å². The third-order valence-corrected chi connectivity index (χ3v) is 4.02. The maximum atomic E-state index is 12.8. The second-order valence-electron chi connectivity index (χ2n) is 5.64. The number of benzene rings is 1. The van der Waals surface area contributed by atoms with Gasteiger partial charge >= 0.3 is 0 Å². The Hall–Kier alpha value is -2.69. The van der Waals surface area contributed by atoms with Gasteiger partial charge in [0.2, 0.25) is 5.56 Å². The van der Waals surface area contributed by atoms with E-state index < -0.39 is 5.91 Å². The molecule has 5 nitrogen and oxygen atoms in total. The second kappa shape index (κ2) is 6.20. The summed E-state index contributed by atoms with van der Waals surface area (Å²) in [6.45, 7) is 2.09. The molecule has 0 saturated carbocycles. The highest BCUT2D eigenvalue weighted by atomic mass is 16.2. The lowest BCUT2D eigenvalue weighted by Crippen LogP contribution is -2.29. The van der Waals surface area contributed by atoms with Crippen molar-refractivity contribution >= 4 is 17.5 Å². The summed E-state index contributed by atoms with van der Waals surface area (Å²) in [5, 5.41) is 0. The molecule has 2 amide bonds. The Bertz CT molecular complexity index is 809. The molecule has 1 aromatic heterocycles. The number of fused-ring (bicyclic) bond motifs is 1. The highest BCUT2D eigenvalue weighted by Crippen LogP contribution is 2.29. The maximum absolute atomic E-state index is 12.8. The zero-order chi connectivity index (χ0) is 16.4. The van der Waals surface area contributed by atoms with Crippen molar-refractivity contribution in [3.8, 4) is 0 Å². The standard InChI is InChI=1S/C18H18N2O3/c1-2-3-5-10-14-16-13(11-15(21)19-14)17(22)20(18(16)23)12-8-6-4-7-9-12/h4,6-9,11H,2-3,5,10H2,1H3,(H,19,21). The lowest BCUT2D eigenvalue weighted by Gasteiger charge is -2.13. The number of para-hydroxylation sites is 1. The first-order chi connectivity index (χ1) is 11.1. The number of amides is 2. The molecule has 5 heteroatoms. The molecule has 1 aromatic carbocycles. The summed E-state index contributed by atoms with van der Waals surface area (Å²) in [5.41, 5.74) is 1.29. The van der Waals surface area contributed by atoms with Crippen molar-refractivity contribution in [2.75, 3.05) is 4.90 Å². The minimum atomic E-state index is -0.431. The van der Waals surface area contributed by atoms with E-state index in [2.05, 4.69) is 11.9 Å². The molecule has 2 aromatic rings. The summed E-state index contributed by atoms with van der Waals surface area (Å²) in [5.74, 6) is -0.794. The average molecular weight is 310 g/mol. The van der Waals surface area contributed by atoms with Crippen LogP contribution < -0.4 is 10.5 Å². The summed E-state index contributed by atoms with van der Waals surface area (Å²) < 4.78 is 0. The van der Waals surface area contributed by atoms with Crippen LogP contribution in [0.1, 0.15) is 52.6 Å². The Morgan fingerprint density at radius 1 is 1.00 bits per heavy atom. The van der Waals surface area contributed by atoms with Gasteiger partial charge in [0.25, 0.3) is 11.8 Å². The van der Waals surface area contributed by atoms with Crippen LogP contribution in [-0.2, 0) is 6.42 Å². The lowest BCUT2D eigenvalue weighted by molar-refractivity contribution is 0.0926. The Morgan fingerprint density at radius 2 is 1.74 bits per heavy atom. The number of imide groups is 1. The zero-order valence-corrected chi connectivity index (χ0v) is 13.0. The Morgan fingerprint density at radius 3 is 2.43 bits per heavy atom. The van der Waals surface area contributed by atoms with Crippen molar-refractivity contribution in [2.45, 2.75) is 32.6 Å². The quantitative estimate of drug-likeness (QED) is 0.682. The van der Waals surface area contributed by atoms with Crippen LogP contribution in [0.3, 0.4) is 0 Å². The van der Waals surface area contributed by atoms with E-state index in [1.807, 2.05) is 6.07 Å². The highest BCUT2D eigenvalue weighted by Gasteiger charge is 2.39. The number of carbonyl (C=O) groups is 2. The number of hydrogen-bond acceptors (Lipinski definition) is 3. The van der Waals surface area contributed by atoms with Crippen LogP contribution in [0.15, 0.2) is 41.2 Å². The molecule has 118 valence electrons. The molecule has 0 spiro atoms. The molecule has 0 unspecified atom stereocenters. The minimum Gasteiger partial charge on any atom is -0.325 e. The second-order valence-corrected chi connectivity index (χ2v) is 5.64. The fourth-order valence-corrected chi connectivity index (χ4v) is 2.90. The first-order valence-corrected chi connectivity index (χ1v) is 7.83. The molecule has 3 rings (SSSR count). The van der Waals surface area contributed by atoms with E-state index in [9.17, 15) is 14.4 Å². The van der Waals surface area contributed by atoms with E-state index in [0.29, 0.717) is 23.4 Å². The Kier molecular flexibility index (Phi) is 4.10. The molecule has 2 heterocycles. The first kappa shape index (κ1) is 15.2. The summed E-state index contributed by atoms with van der Waals surface area (Å²) in [7, 11) is 0. The predicted octanol–water partition coefficient (Wildman–Crippen LogP) is 2.91. The number of unbranched alkanes of at least 4 members (excludes halogenated alkanes) is 2. The van der Waals surface area contributed by atoms with Crippen molar-refractivity contribution in [2.24, 2.45) is 0 Å². The van der Waals surface area contributed by atoms with Gasteiger partial charge in [-0.3, -0.25) is 14.4 Å². The van der Waals surface area contributed by atoms with E-state index in [1.54, 1.807) is 24.3 Å². The number of H-pyrrole nitrogens is 1. The third-order valence-electron chi connectivity index (χ3n) is 4.02. The van der Waals surface area contributed by atoms with E-state index in [4.69, 9.17) is 0 Å². The largest absolute Gasteiger partial charge is 0.325 e. The topological polar surface area (TPSA) is 70.2 Å². The molecule has 1 N–H and O–H groups in total. The Balaban J connectivity index is 2.04. The molecule has 0 fully saturated rings. The van der Waals surface area contributed by atoms with Gasteiger partial charge in [0.15, 0.2) is 0 Å². The molecule has 23 heavy (non-hydrogen) atoms. The van der Waals surface area contributed by atoms with Crippen LogP contribution in [-0.4, -0.2) is 16.8 Å². The van der Waals surface area contributed by atoms with E-state index in [-0.39, 0.29) is 17.0 Å². The fourth-order valence-electron chi connectivity index (χ4n) is 2.90. The van der Waals surface area contributed by atoms with E-state index in [0.717, 1.165) is 24.2 Å². The smallest absolute Gasteiger partial charge is 0.267 e. The van der Waals surface area contributed by atoms with Gasteiger partial charge in [-0.25, -0.2) is 4.90 Å². The molecular weight excluding hydrogens is 292 g/mol. The first-order valence-electron chi connectivity index (χ1n) is 7.83. The Labute approximate surface area is 134 Å². The van der Waals surface area contributed by atoms with Crippen molar-refractivity contribution in [3.05, 3.63) is 63.6 Å². The lowest BCUT2D eigenvalue weighted by atomic mass is 10.0. The van der Waals surface area contributed by atoms with Crippen LogP contribution in [0.5, 0.6) is 0 Å². The number of aromatic amines is 1. The van der Waals surface area contributed by atoms with Crippen molar-refractivity contribution in [3.63, 3.8) is 0 Å². The summed E-state index contributed by atoms with van der Waals surface area (Å²) in [6.07, 6.45) is 3.52. The van der Waals surface area contributed by atoms with E-state index >= 15 is 0 Å². The highest BCUT2D eigenvalue weighted by molar-refractivity contribution is 6.34. The van der Waals surface area contributed by atoms with Crippen molar-refractivity contribution in [1.29, 1.82) is 0 Å². The molecule has 0 saturated heterocycles. The van der Waals surface area contributed by atoms with Crippen molar-refractivity contribution in [1.82, 2.24) is 4.98 Å². The average Bonchev–Trinajstić information content (AvgIpc) is 2.79. The summed E-state index contributed by atoms with van der Waals surface area (Å²) >= 11 is 0. The number of pyridine rings is 1.